The van der Waals surface area contributed by atoms with Gasteiger partial charge < -0.3 is 20.1 Å². The Morgan fingerprint density at radius 3 is 2.87 bits per heavy atom. The molecule has 166 valence electrons. The number of likely N-dealkylation sites (tertiary alicyclic amines) is 1. The van der Waals surface area contributed by atoms with Crippen LogP contribution in [-0.4, -0.2) is 51.3 Å². The molecule has 2 N–H and O–H groups in total. The van der Waals surface area contributed by atoms with Crippen LogP contribution >= 0.6 is 35.3 Å². The lowest BCUT2D eigenvalue weighted by Gasteiger charge is -2.32. The second-order valence-electron chi connectivity index (χ2n) is 7.20. The van der Waals surface area contributed by atoms with Crippen molar-refractivity contribution < 1.29 is 9.47 Å². The van der Waals surface area contributed by atoms with E-state index < -0.39 is 0 Å². The molecule has 0 amide bonds. The van der Waals surface area contributed by atoms with Crippen LogP contribution in [0.5, 0.6) is 11.5 Å². The lowest BCUT2D eigenvalue weighted by atomic mass is 9.98. The standard InChI is InChI=1S/C22H32N4O2S.HI/c1-4-28-20-10-9-18(13-21(20)27-3)25-22(23-2)24-14-17-7-5-11-26(15-17)16-19-8-6-12-29-19;/h6,8-10,12-13,17H,4-5,7,11,14-16H2,1-3H3,(H2,23,24,25);1H. The zero-order valence-electron chi connectivity index (χ0n) is 18.0. The van der Waals surface area contributed by atoms with E-state index in [9.17, 15) is 0 Å². The van der Waals surface area contributed by atoms with Gasteiger partial charge in [-0.3, -0.25) is 9.89 Å². The minimum atomic E-state index is 0. The van der Waals surface area contributed by atoms with E-state index in [1.54, 1.807) is 14.2 Å². The second-order valence-corrected chi connectivity index (χ2v) is 8.23. The molecule has 1 aromatic carbocycles. The minimum absolute atomic E-state index is 0. The largest absolute Gasteiger partial charge is 0.493 e. The first-order valence-corrected chi connectivity index (χ1v) is 11.1. The highest BCUT2D eigenvalue weighted by Crippen LogP contribution is 2.30. The first kappa shape index (κ1) is 24.7. The van der Waals surface area contributed by atoms with Crippen LogP contribution in [0.1, 0.15) is 24.6 Å². The number of piperidine rings is 1. The highest BCUT2D eigenvalue weighted by Gasteiger charge is 2.20. The molecule has 0 radical (unpaired) electrons. The summed E-state index contributed by atoms with van der Waals surface area (Å²) in [5, 5.41) is 8.99. The highest BCUT2D eigenvalue weighted by molar-refractivity contribution is 14.0. The van der Waals surface area contributed by atoms with Gasteiger partial charge in [0.25, 0.3) is 0 Å². The number of hydrogen-bond donors (Lipinski definition) is 2. The lowest BCUT2D eigenvalue weighted by Crippen LogP contribution is -2.42. The molecule has 8 heteroatoms. The molecule has 0 saturated carbocycles. The van der Waals surface area contributed by atoms with Crippen LogP contribution in [0.2, 0.25) is 0 Å². The van der Waals surface area contributed by atoms with Gasteiger partial charge in [0.2, 0.25) is 0 Å². The first-order valence-electron chi connectivity index (χ1n) is 10.2. The summed E-state index contributed by atoms with van der Waals surface area (Å²) < 4.78 is 11.0. The maximum Gasteiger partial charge on any atom is 0.195 e. The van der Waals surface area contributed by atoms with Crippen molar-refractivity contribution >= 4 is 47.0 Å². The van der Waals surface area contributed by atoms with Gasteiger partial charge in [0.05, 0.1) is 13.7 Å². The second kappa shape index (κ2) is 13.0. The molecule has 0 bridgehead atoms. The van der Waals surface area contributed by atoms with Crippen LogP contribution in [0.4, 0.5) is 5.69 Å². The van der Waals surface area contributed by atoms with E-state index in [1.807, 2.05) is 36.5 Å². The molecule has 2 heterocycles. The zero-order valence-corrected chi connectivity index (χ0v) is 21.2. The molecule has 1 aliphatic heterocycles. The zero-order chi connectivity index (χ0) is 20.5. The van der Waals surface area contributed by atoms with Crippen molar-refractivity contribution in [2.75, 3.05) is 45.7 Å². The molecular weight excluding hydrogens is 511 g/mol. The van der Waals surface area contributed by atoms with Crippen molar-refractivity contribution in [1.82, 2.24) is 10.2 Å². The minimum Gasteiger partial charge on any atom is -0.493 e. The van der Waals surface area contributed by atoms with Gasteiger partial charge in [-0.05, 0) is 55.8 Å². The summed E-state index contributed by atoms with van der Waals surface area (Å²) in [5.74, 6) is 2.85. The number of ether oxygens (including phenoxy) is 2. The van der Waals surface area contributed by atoms with Crippen molar-refractivity contribution in [3.8, 4) is 11.5 Å². The number of aliphatic imine (C=N–C) groups is 1. The fraction of sp³-hybridized carbons (Fsp3) is 0.500. The highest BCUT2D eigenvalue weighted by atomic mass is 127. The topological polar surface area (TPSA) is 58.1 Å². The molecule has 6 nitrogen and oxygen atoms in total. The third-order valence-electron chi connectivity index (χ3n) is 5.07. The van der Waals surface area contributed by atoms with Crippen LogP contribution in [-0.2, 0) is 6.54 Å². The monoisotopic (exact) mass is 544 g/mol. The molecule has 30 heavy (non-hydrogen) atoms. The number of nitrogens with one attached hydrogen (secondary N) is 2. The number of halogens is 1. The summed E-state index contributed by atoms with van der Waals surface area (Å²) in [7, 11) is 3.45. The van der Waals surface area contributed by atoms with Gasteiger partial charge in [-0.15, -0.1) is 35.3 Å². The predicted octanol–water partition coefficient (Wildman–Crippen LogP) is 4.67. The molecule has 3 rings (SSSR count). The summed E-state index contributed by atoms with van der Waals surface area (Å²) in [5.41, 5.74) is 0.918. The summed E-state index contributed by atoms with van der Waals surface area (Å²) >= 11 is 1.84. The van der Waals surface area contributed by atoms with Gasteiger partial charge in [-0.1, -0.05) is 6.07 Å². The number of anilines is 1. The molecular formula is C22H33IN4O2S. The number of methoxy groups -OCH3 is 1. The Morgan fingerprint density at radius 1 is 1.30 bits per heavy atom. The maximum atomic E-state index is 5.59. The van der Waals surface area contributed by atoms with E-state index >= 15 is 0 Å². The number of hydrogen-bond acceptors (Lipinski definition) is 5. The van der Waals surface area contributed by atoms with Gasteiger partial charge in [0.15, 0.2) is 17.5 Å². The Morgan fingerprint density at radius 2 is 2.17 bits per heavy atom. The third-order valence-corrected chi connectivity index (χ3v) is 5.93. The number of nitrogens with zero attached hydrogens (tertiary/aromatic N) is 2. The molecule has 1 fully saturated rings. The molecule has 0 aliphatic carbocycles. The molecule has 1 aliphatic rings. The van der Waals surface area contributed by atoms with E-state index in [4.69, 9.17) is 9.47 Å². The van der Waals surface area contributed by atoms with E-state index in [1.165, 1.54) is 24.3 Å². The fourth-order valence-electron chi connectivity index (χ4n) is 3.66. The molecule has 1 unspecified atom stereocenters. The number of thiophene rings is 1. The van der Waals surface area contributed by atoms with Gasteiger partial charge in [0, 0.05) is 43.3 Å². The Bertz CT molecular complexity index is 785. The lowest BCUT2D eigenvalue weighted by molar-refractivity contribution is 0.170. The van der Waals surface area contributed by atoms with Crippen LogP contribution in [0, 0.1) is 5.92 Å². The molecule has 1 saturated heterocycles. The maximum absolute atomic E-state index is 5.59. The van der Waals surface area contributed by atoms with Crippen molar-refractivity contribution in [3.63, 3.8) is 0 Å². The van der Waals surface area contributed by atoms with E-state index in [0.29, 0.717) is 18.3 Å². The van der Waals surface area contributed by atoms with Gasteiger partial charge in [-0.25, -0.2) is 0 Å². The number of guanidine groups is 1. The van der Waals surface area contributed by atoms with Crippen LogP contribution in [0.25, 0.3) is 0 Å². The molecule has 1 atom stereocenters. The fourth-order valence-corrected chi connectivity index (χ4v) is 4.41. The number of benzene rings is 1. The summed E-state index contributed by atoms with van der Waals surface area (Å²) in [6.45, 7) is 6.86. The van der Waals surface area contributed by atoms with Crippen molar-refractivity contribution in [1.29, 1.82) is 0 Å². The summed E-state index contributed by atoms with van der Waals surface area (Å²) in [4.78, 5) is 8.38. The Balaban J connectivity index is 0.00000320. The molecule has 0 spiro atoms. The normalized spacial score (nSPS) is 17.2. The third kappa shape index (κ3) is 7.31. The first-order chi connectivity index (χ1) is 14.2. The van der Waals surface area contributed by atoms with Gasteiger partial charge in [-0.2, -0.15) is 0 Å². The Hall–Kier alpha value is -1.52. The molecule has 2 aromatic rings. The van der Waals surface area contributed by atoms with Gasteiger partial charge in [0.1, 0.15) is 0 Å². The Labute approximate surface area is 201 Å². The van der Waals surface area contributed by atoms with Crippen molar-refractivity contribution in [2.24, 2.45) is 10.9 Å². The SMILES string of the molecule is CCOc1ccc(NC(=NC)NCC2CCCN(Cc3cccs3)C2)cc1OC.I. The predicted molar refractivity (Wildman–Crippen MR) is 137 cm³/mol. The summed E-state index contributed by atoms with van der Waals surface area (Å²) in [6, 6.07) is 10.2. The number of rotatable bonds is 8. The van der Waals surface area contributed by atoms with E-state index in [-0.39, 0.29) is 24.0 Å². The Kier molecular flexibility index (Phi) is 10.7. The van der Waals surface area contributed by atoms with Crippen LogP contribution in [0.3, 0.4) is 0 Å². The average Bonchev–Trinajstić information content (AvgIpc) is 3.25. The summed E-state index contributed by atoms with van der Waals surface area (Å²) in [6.07, 6.45) is 2.50. The average molecular weight is 545 g/mol. The quantitative estimate of drug-likeness (QED) is 0.288. The van der Waals surface area contributed by atoms with Crippen LogP contribution < -0.4 is 20.1 Å². The van der Waals surface area contributed by atoms with Gasteiger partial charge >= 0.3 is 0 Å². The van der Waals surface area contributed by atoms with Crippen molar-refractivity contribution in [2.45, 2.75) is 26.3 Å². The van der Waals surface area contributed by atoms with Crippen LogP contribution in [0.15, 0.2) is 40.7 Å². The van der Waals surface area contributed by atoms with E-state index in [0.717, 1.165) is 37.0 Å². The smallest absolute Gasteiger partial charge is 0.195 e. The van der Waals surface area contributed by atoms with Crippen molar-refractivity contribution in [3.05, 3.63) is 40.6 Å². The molecule has 1 aromatic heterocycles. The van der Waals surface area contributed by atoms with E-state index in [2.05, 4.69) is 38.0 Å².